The van der Waals surface area contributed by atoms with Crippen molar-refractivity contribution in [3.8, 4) is 0 Å². The van der Waals surface area contributed by atoms with Crippen molar-refractivity contribution in [1.82, 2.24) is 9.78 Å². The Morgan fingerprint density at radius 2 is 2.33 bits per heavy atom. The molecule has 0 aliphatic heterocycles. The number of hydrogen-bond donors (Lipinski definition) is 1. The molecule has 0 saturated carbocycles. The molecule has 1 aromatic heterocycles. The molecule has 3 nitrogen and oxygen atoms in total. The van der Waals surface area contributed by atoms with Crippen LogP contribution in [0, 0.1) is 6.92 Å². The van der Waals surface area contributed by atoms with Crippen LogP contribution in [-0.4, -0.2) is 15.8 Å². The molecule has 0 fully saturated rings. The molecule has 0 bridgehead atoms. The zero-order chi connectivity index (χ0) is 9.14. The van der Waals surface area contributed by atoms with Crippen molar-refractivity contribution in [2.75, 3.05) is 0 Å². The third kappa shape index (κ3) is 2.08. The van der Waals surface area contributed by atoms with Gasteiger partial charge in [-0.05, 0) is 32.3 Å². The van der Waals surface area contributed by atoms with Crippen LogP contribution < -0.4 is 5.73 Å². The Hall–Kier alpha value is -0.830. The molecule has 0 unspecified atom stereocenters. The number of nitrogens with two attached hydrogens (primary N) is 1. The molecule has 1 heterocycles. The van der Waals surface area contributed by atoms with Gasteiger partial charge in [0.05, 0.1) is 6.20 Å². The van der Waals surface area contributed by atoms with E-state index >= 15 is 0 Å². The van der Waals surface area contributed by atoms with Crippen LogP contribution in [0.15, 0.2) is 6.20 Å². The molecule has 12 heavy (non-hydrogen) atoms. The van der Waals surface area contributed by atoms with Crippen molar-refractivity contribution in [1.29, 1.82) is 0 Å². The lowest BCUT2D eigenvalue weighted by Crippen LogP contribution is -2.16. The molecule has 3 heteroatoms. The molecule has 0 amide bonds. The van der Waals surface area contributed by atoms with E-state index in [0.29, 0.717) is 0 Å². The van der Waals surface area contributed by atoms with Gasteiger partial charge in [-0.1, -0.05) is 0 Å². The van der Waals surface area contributed by atoms with E-state index in [1.54, 1.807) is 0 Å². The lowest BCUT2D eigenvalue weighted by molar-refractivity contribution is 0.622. The average Bonchev–Trinajstić information content (AvgIpc) is 2.28. The van der Waals surface area contributed by atoms with Gasteiger partial charge in [0.15, 0.2) is 0 Å². The fourth-order valence-electron chi connectivity index (χ4n) is 1.30. The topological polar surface area (TPSA) is 43.8 Å². The molecule has 2 N–H and O–H groups in total. The van der Waals surface area contributed by atoms with Crippen LogP contribution in [0.5, 0.6) is 0 Å². The summed E-state index contributed by atoms with van der Waals surface area (Å²) < 4.78 is 1.93. The van der Waals surface area contributed by atoms with Gasteiger partial charge in [0, 0.05) is 18.8 Å². The maximum absolute atomic E-state index is 5.68. The highest BCUT2D eigenvalue weighted by atomic mass is 15.3. The van der Waals surface area contributed by atoms with Crippen LogP contribution in [0.2, 0.25) is 0 Å². The van der Waals surface area contributed by atoms with E-state index in [0.717, 1.165) is 12.8 Å². The average molecular weight is 167 g/mol. The van der Waals surface area contributed by atoms with Crippen LogP contribution in [0.1, 0.15) is 24.6 Å². The molecule has 68 valence electrons. The Bertz CT molecular complexity index is 231. The fraction of sp³-hybridized carbons (Fsp3) is 0.667. The molecule has 1 rings (SSSR count). The van der Waals surface area contributed by atoms with Crippen LogP contribution in [0.4, 0.5) is 0 Å². The van der Waals surface area contributed by atoms with E-state index in [-0.39, 0.29) is 6.04 Å². The third-order valence-corrected chi connectivity index (χ3v) is 2.11. The summed E-state index contributed by atoms with van der Waals surface area (Å²) in [6.07, 6.45) is 3.96. The Morgan fingerprint density at radius 1 is 1.67 bits per heavy atom. The molecule has 1 aromatic rings. The zero-order valence-corrected chi connectivity index (χ0v) is 8.04. The number of hydrogen-bond acceptors (Lipinski definition) is 2. The Labute approximate surface area is 73.6 Å². The second-order valence-electron chi connectivity index (χ2n) is 3.41. The summed E-state index contributed by atoms with van der Waals surface area (Å²) in [5.74, 6) is 0. The van der Waals surface area contributed by atoms with Gasteiger partial charge in [-0.15, -0.1) is 0 Å². The Kier molecular flexibility index (Phi) is 2.87. The first-order valence-corrected chi connectivity index (χ1v) is 4.34. The quantitative estimate of drug-likeness (QED) is 0.730. The van der Waals surface area contributed by atoms with Gasteiger partial charge in [-0.3, -0.25) is 4.68 Å². The Balaban J connectivity index is 2.62. The third-order valence-electron chi connectivity index (χ3n) is 2.11. The number of rotatable bonds is 3. The second-order valence-corrected chi connectivity index (χ2v) is 3.41. The van der Waals surface area contributed by atoms with Crippen LogP contribution in [-0.2, 0) is 13.5 Å². The van der Waals surface area contributed by atoms with Crippen molar-refractivity contribution in [3.05, 3.63) is 17.5 Å². The summed E-state index contributed by atoms with van der Waals surface area (Å²) in [6, 6.07) is 0.277. The highest BCUT2D eigenvalue weighted by Crippen LogP contribution is 2.08. The highest BCUT2D eigenvalue weighted by Gasteiger charge is 2.04. The summed E-state index contributed by atoms with van der Waals surface area (Å²) in [6.45, 7) is 4.12. The second kappa shape index (κ2) is 3.72. The standard InChI is InChI=1S/C9H17N3/c1-7-6-11-12(3)9(7)5-4-8(2)10/h6,8H,4-5,10H2,1-3H3/t8-/m1/s1. The first kappa shape index (κ1) is 9.26. The number of aromatic nitrogens is 2. The van der Waals surface area contributed by atoms with Crippen LogP contribution in [0.25, 0.3) is 0 Å². The normalized spacial score (nSPS) is 13.3. The molecule has 1 atom stereocenters. The molecule has 0 spiro atoms. The maximum atomic E-state index is 5.68. The van der Waals surface area contributed by atoms with Gasteiger partial charge in [0.1, 0.15) is 0 Å². The molecule has 0 saturated heterocycles. The zero-order valence-electron chi connectivity index (χ0n) is 8.04. The molecule has 0 aliphatic rings. The fourth-order valence-corrected chi connectivity index (χ4v) is 1.30. The number of nitrogens with zero attached hydrogens (tertiary/aromatic N) is 2. The minimum Gasteiger partial charge on any atom is -0.328 e. The van der Waals surface area contributed by atoms with E-state index in [1.807, 2.05) is 24.9 Å². The van der Waals surface area contributed by atoms with Gasteiger partial charge >= 0.3 is 0 Å². The van der Waals surface area contributed by atoms with E-state index in [2.05, 4.69) is 12.0 Å². The van der Waals surface area contributed by atoms with Gasteiger partial charge in [0.25, 0.3) is 0 Å². The summed E-state index contributed by atoms with van der Waals surface area (Å²) in [5, 5.41) is 4.17. The monoisotopic (exact) mass is 167 g/mol. The molecule has 0 aliphatic carbocycles. The Morgan fingerprint density at radius 3 is 2.75 bits per heavy atom. The molecular formula is C9H17N3. The van der Waals surface area contributed by atoms with Crippen molar-refractivity contribution in [3.63, 3.8) is 0 Å². The summed E-state index contributed by atoms with van der Waals surface area (Å²) in [7, 11) is 1.98. The summed E-state index contributed by atoms with van der Waals surface area (Å²) >= 11 is 0. The van der Waals surface area contributed by atoms with E-state index in [4.69, 9.17) is 5.73 Å². The molecular weight excluding hydrogens is 150 g/mol. The maximum Gasteiger partial charge on any atom is 0.0521 e. The number of aryl methyl sites for hydroxylation is 2. The van der Waals surface area contributed by atoms with Crippen molar-refractivity contribution in [2.24, 2.45) is 12.8 Å². The first-order valence-electron chi connectivity index (χ1n) is 4.34. The van der Waals surface area contributed by atoms with Gasteiger partial charge in [0.2, 0.25) is 0 Å². The summed E-state index contributed by atoms with van der Waals surface area (Å²) in [4.78, 5) is 0. The van der Waals surface area contributed by atoms with E-state index < -0.39 is 0 Å². The minimum absolute atomic E-state index is 0.277. The largest absolute Gasteiger partial charge is 0.328 e. The molecule has 0 aromatic carbocycles. The van der Waals surface area contributed by atoms with Gasteiger partial charge in [-0.25, -0.2) is 0 Å². The van der Waals surface area contributed by atoms with Gasteiger partial charge in [-0.2, -0.15) is 5.10 Å². The highest BCUT2D eigenvalue weighted by molar-refractivity contribution is 5.15. The summed E-state index contributed by atoms with van der Waals surface area (Å²) in [5.41, 5.74) is 8.24. The minimum atomic E-state index is 0.277. The predicted octanol–water partition coefficient (Wildman–Crippen LogP) is 1.01. The lowest BCUT2D eigenvalue weighted by Gasteiger charge is -2.05. The van der Waals surface area contributed by atoms with E-state index in [1.165, 1.54) is 11.3 Å². The smallest absolute Gasteiger partial charge is 0.0521 e. The van der Waals surface area contributed by atoms with Crippen LogP contribution >= 0.6 is 0 Å². The van der Waals surface area contributed by atoms with Gasteiger partial charge < -0.3 is 5.73 Å². The predicted molar refractivity (Wildman–Crippen MR) is 49.9 cm³/mol. The molecule has 0 radical (unpaired) electrons. The van der Waals surface area contributed by atoms with Crippen molar-refractivity contribution >= 4 is 0 Å². The van der Waals surface area contributed by atoms with Crippen molar-refractivity contribution in [2.45, 2.75) is 32.7 Å². The first-order chi connectivity index (χ1) is 5.61. The van der Waals surface area contributed by atoms with Crippen LogP contribution in [0.3, 0.4) is 0 Å². The SMILES string of the molecule is Cc1cnn(C)c1CC[C@@H](C)N. The van der Waals surface area contributed by atoms with Crippen molar-refractivity contribution < 1.29 is 0 Å². The lowest BCUT2D eigenvalue weighted by atomic mass is 10.1. The van der Waals surface area contributed by atoms with E-state index in [9.17, 15) is 0 Å².